The summed E-state index contributed by atoms with van der Waals surface area (Å²) in [6, 6.07) is 12.0. The first-order valence-electron chi connectivity index (χ1n) is 7.46. The molecule has 0 spiro atoms. The summed E-state index contributed by atoms with van der Waals surface area (Å²) in [5.41, 5.74) is 1.54. The van der Waals surface area contributed by atoms with E-state index in [0.717, 1.165) is 0 Å². The van der Waals surface area contributed by atoms with Crippen molar-refractivity contribution >= 4 is 40.1 Å². The van der Waals surface area contributed by atoms with Crippen molar-refractivity contribution in [2.45, 2.75) is 6.42 Å². The number of carboxylic acids is 1. The summed E-state index contributed by atoms with van der Waals surface area (Å²) < 4.78 is 5.19. The number of aromatic carboxylic acids is 1. The van der Waals surface area contributed by atoms with E-state index in [2.05, 4.69) is 10.3 Å². The maximum Gasteiger partial charge on any atom is 0.352 e. The van der Waals surface area contributed by atoms with Crippen molar-refractivity contribution in [1.82, 2.24) is 4.98 Å². The molecule has 0 aliphatic rings. The van der Waals surface area contributed by atoms with Gasteiger partial charge in [0.05, 0.1) is 19.2 Å². The van der Waals surface area contributed by atoms with Gasteiger partial charge in [-0.05, 0) is 24.3 Å². The Balaban J connectivity index is 1.91. The zero-order valence-corrected chi connectivity index (χ0v) is 14.1. The second-order valence-corrected chi connectivity index (χ2v) is 5.84. The van der Waals surface area contributed by atoms with Crippen LogP contribution in [0.25, 0.3) is 10.9 Å². The van der Waals surface area contributed by atoms with Crippen LogP contribution in [0.3, 0.4) is 0 Å². The largest absolute Gasteiger partial charge is 0.495 e. The molecule has 0 radical (unpaired) electrons. The van der Waals surface area contributed by atoms with Crippen LogP contribution in [0.5, 0.6) is 5.75 Å². The Hall–Kier alpha value is -2.99. The van der Waals surface area contributed by atoms with Gasteiger partial charge in [-0.15, -0.1) is 0 Å². The van der Waals surface area contributed by atoms with Gasteiger partial charge in [0, 0.05) is 21.5 Å². The van der Waals surface area contributed by atoms with E-state index in [9.17, 15) is 14.7 Å². The number of H-pyrrole nitrogens is 1. The van der Waals surface area contributed by atoms with Gasteiger partial charge in [-0.25, -0.2) is 4.79 Å². The van der Waals surface area contributed by atoms with E-state index in [1.807, 2.05) is 0 Å². The summed E-state index contributed by atoms with van der Waals surface area (Å²) >= 11 is 5.96. The molecule has 3 rings (SSSR count). The summed E-state index contributed by atoms with van der Waals surface area (Å²) in [6.07, 6.45) is -0.0959. The first kappa shape index (κ1) is 16.9. The van der Waals surface area contributed by atoms with E-state index < -0.39 is 5.97 Å². The van der Waals surface area contributed by atoms with Gasteiger partial charge >= 0.3 is 5.97 Å². The van der Waals surface area contributed by atoms with E-state index in [1.54, 1.807) is 42.5 Å². The average Bonchev–Trinajstić information content (AvgIpc) is 2.94. The van der Waals surface area contributed by atoms with Gasteiger partial charge in [0.2, 0.25) is 5.91 Å². The molecule has 0 saturated heterocycles. The Bertz CT molecular complexity index is 965. The highest BCUT2D eigenvalue weighted by atomic mass is 35.5. The highest BCUT2D eigenvalue weighted by Crippen LogP contribution is 2.28. The molecule has 3 aromatic rings. The van der Waals surface area contributed by atoms with Crippen molar-refractivity contribution in [3.05, 3.63) is 58.7 Å². The maximum absolute atomic E-state index is 12.5. The van der Waals surface area contributed by atoms with Crippen molar-refractivity contribution < 1.29 is 19.4 Å². The Morgan fingerprint density at radius 1 is 1.24 bits per heavy atom. The number of ether oxygens (including phenoxy) is 1. The summed E-state index contributed by atoms with van der Waals surface area (Å²) in [5, 5.41) is 13.3. The van der Waals surface area contributed by atoms with Gasteiger partial charge in [-0.1, -0.05) is 29.8 Å². The molecule has 25 heavy (non-hydrogen) atoms. The van der Waals surface area contributed by atoms with Crippen LogP contribution in [-0.4, -0.2) is 29.1 Å². The average molecular weight is 359 g/mol. The number of rotatable bonds is 5. The molecule has 1 heterocycles. The van der Waals surface area contributed by atoms with E-state index in [1.165, 1.54) is 7.11 Å². The lowest BCUT2D eigenvalue weighted by Gasteiger charge is -2.10. The van der Waals surface area contributed by atoms with Gasteiger partial charge < -0.3 is 20.1 Å². The Labute approximate surface area is 148 Å². The number of carboxylic acid groups (broad SMARTS) is 1. The minimum atomic E-state index is -1.11. The predicted octanol–water partition coefficient (Wildman–Crippen LogP) is 3.71. The second-order valence-electron chi connectivity index (χ2n) is 5.40. The molecule has 0 aliphatic carbocycles. The van der Waals surface area contributed by atoms with E-state index in [0.29, 0.717) is 32.9 Å². The maximum atomic E-state index is 12.5. The quantitative estimate of drug-likeness (QED) is 0.648. The third-order valence-electron chi connectivity index (χ3n) is 3.80. The number of benzene rings is 2. The van der Waals surface area contributed by atoms with Gasteiger partial charge in [0.1, 0.15) is 11.4 Å². The Morgan fingerprint density at radius 2 is 2.00 bits per heavy atom. The molecular weight excluding hydrogens is 344 g/mol. The van der Waals surface area contributed by atoms with Crippen LogP contribution in [0, 0.1) is 0 Å². The summed E-state index contributed by atoms with van der Waals surface area (Å²) in [7, 11) is 1.49. The molecular formula is C18H15ClN2O4. The van der Waals surface area contributed by atoms with Crippen molar-refractivity contribution in [3.8, 4) is 5.75 Å². The molecule has 0 aliphatic heterocycles. The number of fused-ring (bicyclic) bond motifs is 1. The fourth-order valence-electron chi connectivity index (χ4n) is 2.70. The zero-order chi connectivity index (χ0) is 18.0. The van der Waals surface area contributed by atoms with E-state index in [4.69, 9.17) is 16.3 Å². The molecule has 0 fully saturated rings. The normalized spacial score (nSPS) is 10.6. The standard InChI is InChI=1S/C18H15ClN2O4/c1-25-15-7-6-10(19)8-14(15)20-16(22)9-12-11-4-2-3-5-13(11)21-17(12)18(23)24/h2-8,21H,9H2,1H3,(H,20,22)(H,23,24). The Kier molecular flexibility index (Phi) is 4.63. The SMILES string of the molecule is COc1ccc(Cl)cc1NC(=O)Cc1c(C(=O)O)[nH]c2ccccc12. The number of carbonyl (C=O) groups is 2. The number of hydrogen-bond donors (Lipinski definition) is 3. The smallest absolute Gasteiger partial charge is 0.352 e. The number of methoxy groups -OCH3 is 1. The lowest BCUT2D eigenvalue weighted by atomic mass is 10.1. The number of anilines is 1. The molecule has 0 saturated carbocycles. The number of hydrogen-bond acceptors (Lipinski definition) is 3. The van der Waals surface area contributed by atoms with Crippen LogP contribution in [0.4, 0.5) is 5.69 Å². The van der Waals surface area contributed by atoms with E-state index >= 15 is 0 Å². The first-order chi connectivity index (χ1) is 12.0. The van der Waals surface area contributed by atoms with Crippen molar-refractivity contribution in [2.24, 2.45) is 0 Å². The predicted molar refractivity (Wildman–Crippen MR) is 95.6 cm³/mol. The number of para-hydroxylation sites is 1. The van der Waals surface area contributed by atoms with Crippen LogP contribution in [0.15, 0.2) is 42.5 Å². The summed E-state index contributed by atoms with van der Waals surface area (Å²) in [4.78, 5) is 26.8. The number of halogens is 1. The molecule has 0 unspecified atom stereocenters. The number of nitrogens with one attached hydrogen (secondary N) is 2. The van der Waals surface area contributed by atoms with Gasteiger partial charge in [-0.3, -0.25) is 4.79 Å². The third kappa shape index (κ3) is 3.44. The van der Waals surface area contributed by atoms with E-state index in [-0.39, 0.29) is 18.0 Å². The van der Waals surface area contributed by atoms with Crippen LogP contribution in [-0.2, 0) is 11.2 Å². The lowest BCUT2D eigenvalue weighted by Crippen LogP contribution is -2.16. The highest BCUT2D eigenvalue weighted by Gasteiger charge is 2.20. The van der Waals surface area contributed by atoms with Crippen LogP contribution < -0.4 is 10.1 Å². The summed E-state index contributed by atoms with van der Waals surface area (Å²) in [5.74, 6) is -1.01. The number of carbonyl (C=O) groups excluding carboxylic acids is 1. The number of amides is 1. The molecule has 0 bridgehead atoms. The topological polar surface area (TPSA) is 91.4 Å². The zero-order valence-electron chi connectivity index (χ0n) is 13.3. The van der Waals surface area contributed by atoms with Crippen molar-refractivity contribution in [2.75, 3.05) is 12.4 Å². The lowest BCUT2D eigenvalue weighted by molar-refractivity contribution is -0.115. The van der Waals surface area contributed by atoms with Crippen molar-refractivity contribution in [3.63, 3.8) is 0 Å². The van der Waals surface area contributed by atoms with Crippen LogP contribution in [0.2, 0.25) is 5.02 Å². The molecule has 3 N–H and O–H groups in total. The second kappa shape index (κ2) is 6.86. The minimum absolute atomic E-state index is 0.00871. The van der Waals surface area contributed by atoms with Gasteiger partial charge in [0.25, 0.3) is 0 Å². The number of aromatic nitrogens is 1. The van der Waals surface area contributed by atoms with Crippen molar-refractivity contribution in [1.29, 1.82) is 0 Å². The molecule has 1 amide bonds. The molecule has 0 atom stereocenters. The highest BCUT2D eigenvalue weighted by molar-refractivity contribution is 6.31. The molecule has 7 heteroatoms. The van der Waals surface area contributed by atoms with Crippen LogP contribution >= 0.6 is 11.6 Å². The fraction of sp³-hybridized carbons (Fsp3) is 0.111. The monoisotopic (exact) mass is 358 g/mol. The third-order valence-corrected chi connectivity index (χ3v) is 4.04. The Morgan fingerprint density at radius 3 is 2.72 bits per heavy atom. The molecule has 2 aromatic carbocycles. The van der Waals surface area contributed by atoms with Gasteiger partial charge in [-0.2, -0.15) is 0 Å². The first-order valence-corrected chi connectivity index (χ1v) is 7.83. The van der Waals surface area contributed by atoms with Crippen LogP contribution in [0.1, 0.15) is 16.1 Å². The minimum Gasteiger partial charge on any atom is -0.495 e. The molecule has 6 nitrogen and oxygen atoms in total. The summed E-state index contributed by atoms with van der Waals surface area (Å²) in [6.45, 7) is 0. The molecule has 1 aromatic heterocycles. The molecule has 128 valence electrons. The fourth-order valence-corrected chi connectivity index (χ4v) is 2.87. The number of aromatic amines is 1. The van der Waals surface area contributed by atoms with Gasteiger partial charge in [0.15, 0.2) is 0 Å².